The fraction of sp³-hybridized carbons (Fsp3) is 0.565. The zero-order valence-electron chi connectivity index (χ0n) is 19.3. The molecule has 2 aromatic heterocycles. The first-order chi connectivity index (χ1) is 17.4. The number of carbonyl (C=O) groups is 3. The molecule has 0 amide bonds. The van der Waals surface area contributed by atoms with Crippen LogP contribution in [0.25, 0.3) is 5.52 Å². The van der Waals surface area contributed by atoms with Crippen molar-refractivity contribution in [1.82, 2.24) is 14.6 Å². The van der Waals surface area contributed by atoms with E-state index in [1.807, 2.05) is 0 Å². The first kappa shape index (κ1) is 23.8. The number of hydrogen-bond acceptors (Lipinski definition) is 12. The highest BCUT2D eigenvalue weighted by Crippen LogP contribution is 2.44. The van der Waals surface area contributed by atoms with Crippen LogP contribution in [0.15, 0.2) is 18.5 Å². The van der Waals surface area contributed by atoms with Crippen LogP contribution in [-0.4, -0.2) is 63.7 Å². The van der Waals surface area contributed by atoms with Gasteiger partial charge in [-0.25, -0.2) is 14.3 Å². The van der Waals surface area contributed by atoms with Crippen molar-refractivity contribution in [2.45, 2.75) is 75.0 Å². The Kier molecular flexibility index (Phi) is 6.36. The number of nitrogens with zero attached hydrogens (tertiary/aromatic N) is 4. The molecule has 13 nitrogen and oxygen atoms in total. The van der Waals surface area contributed by atoms with Crippen LogP contribution in [0.2, 0.25) is 0 Å². The number of nitrogen functional groups attached to an aromatic ring is 1. The summed E-state index contributed by atoms with van der Waals surface area (Å²) in [5, 5.41) is 14.6. The van der Waals surface area contributed by atoms with Crippen LogP contribution in [0, 0.1) is 11.3 Å². The molecule has 3 fully saturated rings. The molecule has 36 heavy (non-hydrogen) atoms. The van der Waals surface area contributed by atoms with Crippen molar-refractivity contribution in [3.05, 3.63) is 24.2 Å². The molecule has 13 heteroatoms. The van der Waals surface area contributed by atoms with Gasteiger partial charge in [-0.1, -0.05) is 0 Å². The van der Waals surface area contributed by atoms with Gasteiger partial charge in [-0.3, -0.25) is 9.59 Å². The SMILES string of the molecule is N#C[C@@]1(c2ccc3c(N)ncnn23)O[C@H](COC(=O)OC2CCCC2)[C@H]2OC(=O)CCCC(=O)O[C@H]21. The fourth-order valence-corrected chi connectivity index (χ4v) is 4.92. The molecule has 3 aliphatic rings. The summed E-state index contributed by atoms with van der Waals surface area (Å²) in [5.41, 5.74) is 4.57. The van der Waals surface area contributed by atoms with E-state index in [9.17, 15) is 19.6 Å². The van der Waals surface area contributed by atoms with Crippen LogP contribution < -0.4 is 5.73 Å². The van der Waals surface area contributed by atoms with Crippen molar-refractivity contribution < 1.29 is 38.1 Å². The van der Waals surface area contributed by atoms with E-state index >= 15 is 0 Å². The summed E-state index contributed by atoms with van der Waals surface area (Å²) in [6, 6.07) is 5.22. The molecular weight excluding hydrogens is 474 g/mol. The van der Waals surface area contributed by atoms with Gasteiger partial charge in [0.15, 0.2) is 18.0 Å². The molecule has 1 saturated carbocycles. The van der Waals surface area contributed by atoms with Crippen LogP contribution >= 0.6 is 0 Å². The lowest BCUT2D eigenvalue weighted by Crippen LogP contribution is -2.45. The zero-order chi connectivity index (χ0) is 25.3. The zero-order valence-corrected chi connectivity index (χ0v) is 19.3. The average Bonchev–Trinajstić information content (AvgIpc) is 3.58. The number of nitrogens with two attached hydrogens (primary N) is 1. The van der Waals surface area contributed by atoms with Crippen LogP contribution in [0.1, 0.15) is 50.6 Å². The molecule has 0 radical (unpaired) electrons. The molecule has 190 valence electrons. The van der Waals surface area contributed by atoms with Crippen molar-refractivity contribution in [3.8, 4) is 6.07 Å². The number of carbonyl (C=O) groups excluding carboxylic acids is 3. The third-order valence-corrected chi connectivity index (χ3v) is 6.65. The van der Waals surface area contributed by atoms with Crippen LogP contribution in [-0.2, 0) is 38.9 Å². The molecule has 2 aromatic rings. The van der Waals surface area contributed by atoms with E-state index in [4.69, 9.17) is 29.4 Å². The molecule has 0 unspecified atom stereocenters. The minimum atomic E-state index is -1.96. The molecule has 0 bridgehead atoms. The predicted octanol–water partition coefficient (Wildman–Crippen LogP) is 1.53. The van der Waals surface area contributed by atoms with Gasteiger partial charge in [0.05, 0.1) is 5.69 Å². The standard InChI is InChI=1S/C23H25N5O8/c24-11-23(16-9-8-14-21(25)26-12-27-28(14)16)20-19(34-17(29)6-3-7-18(30)35-20)15(36-23)10-32-22(31)33-13-4-1-2-5-13/h8-9,12-13,15,19-20H,1-7,10H2,(H2,25,26,27)/t15-,19-,20-,23+/m1/s1. The number of aromatic nitrogens is 3. The first-order valence-corrected chi connectivity index (χ1v) is 11.8. The summed E-state index contributed by atoms with van der Waals surface area (Å²) in [7, 11) is 0. The normalized spacial score (nSPS) is 28.8. The molecule has 2 saturated heterocycles. The van der Waals surface area contributed by atoms with Gasteiger partial charge in [0.25, 0.3) is 0 Å². The van der Waals surface area contributed by atoms with Crippen molar-refractivity contribution in [2.75, 3.05) is 12.3 Å². The molecule has 1 aliphatic carbocycles. The van der Waals surface area contributed by atoms with E-state index in [1.165, 1.54) is 10.8 Å². The average molecular weight is 499 g/mol. The summed E-state index contributed by atoms with van der Waals surface area (Å²) >= 11 is 0. The molecule has 4 heterocycles. The largest absolute Gasteiger partial charge is 0.508 e. The minimum absolute atomic E-state index is 0.0208. The highest BCUT2D eigenvalue weighted by atomic mass is 16.7. The van der Waals surface area contributed by atoms with Gasteiger partial charge >= 0.3 is 18.1 Å². The van der Waals surface area contributed by atoms with Gasteiger partial charge in [-0.2, -0.15) is 10.4 Å². The Morgan fingerprint density at radius 3 is 2.69 bits per heavy atom. The number of ether oxygens (including phenoxy) is 5. The third-order valence-electron chi connectivity index (χ3n) is 6.65. The maximum absolute atomic E-state index is 12.6. The highest BCUT2D eigenvalue weighted by molar-refractivity contribution is 5.74. The molecule has 2 aliphatic heterocycles. The molecule has 5 rings (SSSR count). The maximum Gasteiger partial charge on any atom is 0.508 e. The Morgan fingerprint density at radius 1 is 1.19 bits per heavy atom. The van der Waals surface area contributed by atoms with Gasteiger partial charge in [-0.15, -0.1) is 0 Å². The number of hydrogen-bond donors (Lipinski definition) is 1. The van der Waals surface area contributed by atoms with Crippen molar-refractivity contribution in [1.29, 1.82) is 5.26 Å². The van der Waals surface area contributed by atoms with Crippen molar-refractivity contribution >= 4 is 29.4 Å². The van der Waals surface area contributed by atoms with E-state index in [0.29, 0.717) is 5.52 Å². The summed E-state index contributed by atoms with van der Waals surface area (Å²) in [6.45, 7) is -0.401. The second-order valence-corrected chi connectivity index (χ2v) is 8.97. The fourth-order valence-electron chi connectivity index (χ4n) is 4.92. The van der Waals surface area contributed by atoms with E-state index in [2.05, 4.69) is 16.2 Å². The molecule has 0 spiro atoms. The van der Waals surface area contributed by atoms with Crippen LogP contribution in [0.3, 0.4) is 0 Å². The van der Waals surface area contributed by atoms with Gasteiger partial charge in [0.2, 0.25) is 5.60 Å². The summed E-state index contributed by atoms with van der Waals surface area (Å²) in [5.74, 6) is -1.05. The van der Waals surface area contributed by atoms with Gasteiger partial charge in [0.1, 0.15) is 36.7 Å². The smallest absolute Gasteiger partial charge is 0.455 e. The highest BCUT2D eigenvalue weighted by Gasteiger charge is 2.63. The van der Waals surface area contributed by atoms with Crippen LogP contribution in [0.4, 0.5) is 10.6 Å². The number of fused-ring (bicyclic) bond motifs is 2. The Morgan fingerprint density at radius 2 is 1.94 bits per heavy atom. The van der Waals surface area contributed by atoms with E-state index in [0.717, 1.165) is 25.7 Å². The monoisotopic (exact) mass is 499 g/mol. The molecule has 2 N–H and O–H groups in total. The lowest BCUT2D eigenvalue weighted by Gasteiger charge is -2.28. The van der Waals surface area contributed by atoms with Gasteiger partial charge in [-0.05, 0) is 44.2 Å². The maximum atomic E-state index is 12.6. The Balaban J connectivity index is 1.49. The minimum Gasteiger partial charge on any atom is -0.455 e. The Labute approximate surface area is 205 Å². The lowest BCUT2D eigenvalue weighted by molar-refractivity contribution is -0.166. The first-order valence-electron chi connectivity index (χ1n) is 11.8. The second-order valence-electron chi connectivity index (χ2n) is 8.97. The number of nitriles is 1. The predicted molar refractivity (Wildman–Crippen MR) is 118 cm³/mol. The molecular formula is C23H25N5O8. The Bertz CT molecular complexity index is 1220. The summed E-state index contributed by atoms with van der Waals surface area (Å²) in [6.07, 6.45) is -0.00957. The second kappa shape index (κ2) is 9.62. The number of esters is 2. The summed E-state index contributed by atoms with van der Waals surface area (Å²) < 4.78 is 29.4. The molecule has 4 atom stereocenters. The topological polar surface area (TPSA) is 177 Å². The van der Waals surface area contributed by atoms with Gasteiger partial charge < -0.3 is 29.4 Å². The van der Waals surface area contributed by atoms with Crippen LogP contribution in [0.5, 0.6) is 0 Å². The number of rotatable bonds is 4. The van der Waals surface area contributed by atoms with Crippen molar-refractivity contribution in [3.63, 3.8) is 0 Å². The van der Waals surface area contributed by atoms with Gasteiger partial charge in [0, 0.05) is 12.8 Å². The molecule has 0 aromatic carbocycles. The van der Waals surface area contributed by atoms with E-state index in [-0.39, 0.29) is 36.9 Å². The summed E-state index contributed by atoms with van der Waals surface area (Å²) in [4.78, 5) is 41.3. The van der Waals surface area contributed by atoms with Crippen molar-refractivity contribution in [2.24, 2.45) is 0 Å². The van der Waals surface area contributed by atoms with E-state index in [1.54, 1.807) is 12.1 Å². The third kappa shape index (κ3) is 4.28. The van der Waals surface area contributed by atoms with E-state index < -0.39 is 48.6 Å². The number of anilines is 1. The Hall–Kier alpha value is -3.92. The quantitative estimate of drug-likeness (QED) is 0.474. The lowest BCUT2D eigenvalue weighted by atomic mass is 9.92.